The number of anilines is 1. The van der Waals surface area contributed by atoms with E-state index in [4.69, 9.17) is 16.1 Å². The van der Waals surface area contributed by atoms with Crippen molar-refractivity contribution in [1.82, 2.24) is 10.1 Å². The zero-order valence-corrected chi connectivity index (χ0v) is 16.2. The first-order valence-corrected chi connectivity index (χ1v) is 9.29. The highest BCUT2D eigenvalue weighted by Crippen LogP contribution is 2.41. The van der Waals surface area contributed by atoms with Crippen molar-refractivity contribution in [3.05, 3.63) is 76.4 Å². The average molecular weight is 395 g/mol. The Hall–Kier alpha value is -3.12. The number of carbonyl (C=O) groups excluding carboxylic acids is 1. The first-order valence-electron chi connectivity index (χ1n) is 8.92. The van der Waals surface area contributed by atoms with Crippen LogP contribution in [0, 0.1) is 6.92 Å². The van der Waals surface area contributed by atoms with Crippen LogP contribution in [0.25, 0.3) is 5.57 Å². The van der Waals surface area contributed by atoms with Gasteiger partial charge in [0.05, 0.1) is 0 Å². The molecule has 1 aromatic heterocycles. The monoisotopic (exact) mass is 394 g/mol. The first kappa shape index (κ1) is 18.3. The molecule has 28 heavy (non-hydrogen) atoms. The van der Waals surface area contributed by atoms with Crippen molar-refractivity contribution in [2.24, 2.45) is 4.99 Å². The maximum atomic E-state index is 13.4. The summed E-state index contributed by atoms with van der Waals surface area (Å²) in [4.78, 5) is 20.9. The van der Waals surface area contributed by atoms with E-state index in [9.17, 15) is 4.79 Å². The van der Waals surface area contributed by atoms with Crippen LogP contribution in [-0.2, 0) is 4.79 Å². The van der Waals surface area contributed by atoms with Crippen LogP contribution in [0.15, 0.2) is 69.6 Å². The van der Waals surface area contributed by atoms with Crippen LogP contribution in [0.2, 0.25) is 5.02 Å². The summed E-state index contributed by atoms with van der Waals surface area (Å²) in [5.41, 5.74) is 3.66. The molecule has 0 N–H and O–H groups in total. The standard InChI is InChI=1S/C21H19ClN4O2/c1-14-12-19(24-28-14)26-11-10-25-17(4-3-9-23-2)13-18(20(25)21(26)27)15-5-7-16(22)8-6-15/h3-9,12H,2,10-11,13H2,1H3/b9-3-,17-4+. The van der Waals surface area contributed by atoms with Crippen LogP contribution in [0.1, 0.15) is 17.7 Å². The van der Waals surface area contributed by atoms with E-state index in [0.29, 0.717) is 41.8 Å². The van der Waals surface area contributed by atoms with Gasteiger partial charge in [-0.15, -0.1) is 0 Å². The fourth-order valence-electron chi connectivity index (χ4n) is 3.55. The largest absolute Gasteiger partial charge is 0.360 e. The Balaban J connectivity index is 1.77. The fraction of sp³-hybridized carbons (Fsp3) is 0.190. The van der Waals surface area contributed by atoms with Gasteiger partial charge in [0.15, 0.2) is 5.82 Å². The molecule has 0 radical (unpaired) electrons. The third kappa shape index (κ3) is 3.27. The van der Waals surface area contributed by atoms with Gasteiger partial charge in [-0.25, -0.2) is 0 Å². The quantitative estimate of drug-likeness (QED) is 0.729. The number of allylic oxidation sites excluding steroid dienone is 3. The number of halogens is 1. The third-order valence-electron chi connectivity index (χ3n) is 4.82. The molecule has 1 saturated heterocycles. The molecule has 2 aliphatic heterocycles. The number of hydrogen-bond donors (Lipinski definition) is 0. The molecule has 1 aromatic carbocycles. The van der Waals surface area contributed by atoms with Gasteiger partial charge in [0, 0.05) is 42.5 Å². The second-order valence-electron chi connectivity index (χ2n) is 6.60. The number of piperazine rings is 1. The van der Waals surface area contributed by atoms with Crippen molar-refractivity contribution in [2.75, 3.05) is 18.0 Å². The Bertz CT molecular complexity index is 1020. The van der Waals surface area contributed by atoms with Gasteiger partial charge in [-0.05, 0) is 49.1 Å². The Morgan fingerprint density at radius 2 is 2.00 bits per heavy atom. The first-order chi connectivity index (χ1) is 13.6. The van der Waals surface area contributed by atoms with Gasteiger partial charge in [0.25, 0.3) is 5.91 Å². The lowest BCUT2D eigenvalue weighted by Crippen LogP contribution is -2.47. The van der Waals surface area contributed by atoms with Gasteiger partial charge in [0.1, 0.15) is 11.5 Å². The zero-order valence-electron chi connectivity index (χ0n) is 15.4. The van der Waals surface area contributed by atoms with Gasteiger partial charge in [0.2, 0.25) is 0 Å². The molecule has 0 spiro atoms. The van der Waals surface area contributed by atoms with Crippen molar-refractivity contribution in [1.29, 1.82) is 0 Å². The molecule has 0 aliphatic carbocycles. The summed E-state index contributed by atoms with van der Waals surface area (Å²) in [5, 5.41) is 4.68. The maximum absolute atomic E-state index is 13.4. The average Bonchev–Trinajstić information content (AvgIpc) is 3.27. The van der Waals surface area contributed by atoms with E-state index in [2.05, 4.69) is 21.8 Å². The molecule has 6 nitrogen and oxygen atoms in total. The summed E-state index contributed by atoms with van der Waals surface area (Å²) in [6.45, 7) is 6.47. The summed E-state index contributed by atoms with van der Waals surface area (Å²) >= 11 is 6.05. The highest BCUT2D eigenvalue weighted by atomic mass is 35.5. The van der Waals surface area contributed by atoms with E-state index in [1.54, 1.807) is 17.2 Å². The van der Waals surface area contributed by atoms with E-state index < -0.39 is 0 Å². The number of nitrogens with zero attached hydrogens (tertiary/aromatic N) is 4. The van der Waals surface area contributed by atoms with Gasteiger partial charge >= 0.3 is 0 Å². The topological polar surface area (TPSA) is 61.9 Å². The Labute approximate surface area is 168 Å². The van der Waals surface area contributed by atoms with Crippen LogP contribution in [0.3, 0.4) is 0 Å². The second-order valence-corrected chi connectivity index (χ2v) is 7.03. The number of benzene rings is 1. The summed E-state index contributed by atoms with van der Waals surface area (Å²) in [6.07, 6.45) is 6.09. The summed E-state index contributed by atoms with van der Waals surface area (Å²) in [5.74, 6) is 1.13. The number of hydrogen-bond acceptors (Lipinski definition) is 5. The van der Waals surface area contributed by atoms with Crippen LogP contribution >= 0.6 is 11.6 Å². The van der Waals surface area contributed by atoms with Crippen LogP contribution in [-0.4, -0.2) is 35.8 Å². The molecule has 0 bridgehead atoms. The zero-order chi connectivity index (χ0) is 19.7. The van der Waals surface area contributed by atoms with Crippen LogP contribution in [0.5, 0.6) is 0 Å². The molecule has 0 saturated carbocycles. The van der Waals surface area contributed by atoms with E-state index >= 15 is 0 Å². The fourth-order valence-corrected chi connectivity index (χ4v) is 3.67. The molecular formula is C21H19ClN4O2. The minimum absolute atomic E-state index is 0.0845. The SMILES string of the molecule is C=N/C=C\C=C1/CC(c2ccc(Cl)cc2)=C2C(=O)N(c3cc(C)on3)CCN21. The van der Waals surface area contributed by atoms with Gasteiger partial charge in [-0.3, -0.25) is 14.7 Å². The lowest BCUT2D eigenvalue weighted by Gasteiger charge is -2.34. The number of fused-ring (bicyclic) bond motifs is 1. The predicted octanol–water partition coefficient (Wildman–Crippen LogP) is 4.20. The van der Waals surface area contributed by atoms with Crippen LogP contribution < -0.4 is 4.90 Å². The lowest BCUT2D eigenvalue weighted by atomic mass is 10.0. The molecule has 142 valence electrons. The molecule has 1 fully saturated rings. The second kappa shape index (κ2) is 7.48. The molecule has 1 amide bonds. The number of aryl methyl sites for hydroxylation is 1. The van der Waals surface area contributed by atoms with Crippen molar-refractivity contribution in [3.8, 4) is 0 Å². The lowest BCUT2D eigenvalue weighted by molar-refractivity contribution is -0.117. The molecular weight excluding hydrogens is 376 g/mol. The van der Waals surface area contributed by atoms with E-state index in [0.717, 1.165) is 16.8 Å². The maximum Gasteiger partial charge on any atom is 0.276 e. The Kier molecular flexibility index (Phi) is 4.88. The number of aromatic nitrogens is 1. The Morgan fingerprint density at radius 3 is 2.68 bits per heavy atom. The molecule has 2 aromatic rings. The number of aliphatic imine (C=N–C) groups is 1. The van der Waals surface area contributed by atoms with Gasteiger partial charge < -0.3 is 9.42 Å². The third-order valence-corrected chi connectivity index (χ3v) is 5.07. The molecule has 0 atom stereocenters. The summed E-state index contributed by atoms with van der Waals surface area (Å²) < 4.78 is 5.16. The van der Waals surface area contributed by atoms with Crippen molar-refractivity contribution < 1.29 is 9.32 Å². The van der Waals surface area contributed by atoms with E-state index in [1.165, 1.54) is 0 Å². The highest BCUT2D eigenvalue weighted by Gasteiger charge is 2.39. The van der Waals surface area contributed by atoms with Crippen molar-refractivity contribution in [2.45, 2.75) is 13.3 Å². The van der Waals surface area contributed by atoms with E-state index in [-0.39, 0.29) is 5.91 Å². The smallest absolute Gasteiger partial charge is 0.276 e. The van der Waals surface area contributed by atoms with Crippen molar-refractivity contribution >= 4 is 35.6 Å². The molecule has 4 rings (SSSR count). The Morgan fingerprint density at radius 1 is 1.25 bits per heavy atom. The number of carbonyl (C=O) groups is 1. The van der Waals surface area contributed by atoms with E-state index in [1.807, 2.05) is 43.3 Å². The van der Waals surface area contributed by atoms with Crippen LogP contribution in [0.4, 0.5) is 5.82 Å². The van der Waals surface area contributed by atoms with Gasteiger partial charge in [-0.1, -0.05) is 28.9 Å². The normalized spacial score (nSPS) is 18.5. The summed E-state index contributed by atoms with van der Waals surface area (Å²) in [7, 11) is 0. The highest BCUT2D eigenvalue weighted by molar-refractivity contribution is 6.30. The molecule has 0 unspecified atom stereocenters. The molecule has 2 aliphatic rings. The minimum atomic E-state index is -0.0845. The van der Waals surface area contributed by atoms with Gasteiger partial charge in [-0.2, -0.15) is 0 Å². The predicted molar refractivity (Wildman–Crippen MR) is 110 cm³/mol. The summed E-state index contributed by atoms with van der Waals surface area (Å²) in [6, 6.07) is 9.34. The molecule has 3 heterocycles. The number of rotatable bonds is 4. The number of amides is 1. The molecule has 7 heteroatoms. The van der Waals surface area contributed by atoms with Crippen molar-refractivity contribution in [3.63, 3.8) is 0 Å². The minimum Gasteiger partial charge on any atom is -0.360 e.